The standard InChI is InChI=1S/C12H11N5/c1-17-10-4-2-3-9(11(10)16-12(17)13)8-5-14-7-15-6-8/h2-7H,1H3,(H2,13,16). The van der Waals surface area contributed by atoms with Crippen molar-refractivity contribution in [1.82, 2.24) is 19.5 Å². The zero-order chi connectivity index (χ0) is 11.8. The topological polar surface area (TPSA) is 69.6 Å². The number of nitrogens with zero attached hydrogens (tertiary/aromatic N) is 4. The first-order chi connectivity index (χ1) is 8.27. The molecule has 0 saturated heterocycles. The van der Waals surface area contributed by atoms with Gasteiger partial charge in [0.2, 0.25) is 5.95 Å². The Balaban J connectivity index is 2.35. The molecule has 0 bridgehead atoms. The first-order valence-corrected chi connectivity index (χ1v) is 5.23. The normalized spacial score (nSPS) is 10.9. The number of para-hydroxylation sites is 1. The minimum atomic E-state index is 0.504. The first kappa shape index (κ1) is 9.77. The van der Waals surface area contributed by atoms with E-state index >= 15 is 0 Å². The Morgan fingerprint density at radius 3 is 2.71 bits per heavy atom. The van der Waals surface area contributed by atoms with Crippen LogP contribution >= 0.6 is 0 Å². The lowest BCUT2D eigenvalue weighted by molar-refractivity contribution is 0.965. The van der Waals surface area contributed by atoms with E-state index in [0.717, 1.165) is 22.2 Å². The third-order valence-corrected chi connectivity index (χ3v) is 2.82. The minimum Gasteiger partial charge on any atom is -0.369 e. The maximum Gasteiger partial charge on any atom is 0.200 e. The quantitative estimate of drug-likeness (QED) is 0.683. The molecule has 3 rings (SSSR count). The number of hydrogen-bond donors (Lipinski definition) is 1. The average Bonchev–Trinajstić information content (AvgIpc) is 2.67. The van der Waals surface area contributed by atoms with Gasteiger partial charge in [-0.1, -0.05) is 12.1 Å². The summed E-state index contributed by atoms with van der Waals surface area (Å²) in [6, 6.07) is 5.96. The van der Waals surface area contributed by atoms with Crippen molar-refractivity contribution in [3.05, 3.63) is 36.9 Å². The lowest BCUT2D eigenvalue weighted by Gasteiger charge is -2.01. The summed E-state index contributed by atoms with van der Waals surface area (Å²) in [7, 11) is 1.90. The molecule has 2 heterocycles. The summed E-state index contributed by atoms with van der Waals surface area (Å²) in [6.45, 7) is 0. The summed E-state index contributed by atoms with van der Waals surface area (Å²) in [5.74, 6) is 0.504. The highest BCUT2D eigenvalue weighted by molar-refractivity contribution is 5.93. The molecule has 2 N–H and O–H groups in total. The number of aromatic nitrogens is 4. The van der Waals surface area contributed by atoms with Gasteiger partial charge in [0.05, 0.1) is 11.0 Å². The smallest absolute Gasteiger partial charge is 0.200 e. The number of fused-ring (bicyclic) bond motifs is 1. The number of benzene rings is 1. The lowest BCUT2D eigenvalue weighted by Crippen LogP contribution is -1.95. The molecule has 0 atom stereocenters. The van der Waals surface area contributed by atoms with Crippen LogP contribution < -0.4 is 5.73 Å². The van der Waals surface area contributed by atoms with Crippen LogP contribution in [0.25, 0.3) is 22.2 Å². The van der Waals surface area contributed by atoms with Gasteiger partial charge < -0.3 is 10.3 Å². The Labute approximate surface area is 98.0 Å². The lowest BCUT2D eigenvalue weighted by atomic mass is 10.1. The van der Waals surface area contributed by atoms with E-state index in [4.69, 9.17) is 5.73 Å². The summed E-state index contributed by atoms with van der Waals surface area (Å²) in [5.41, 5.74) is 9.64. The van der Waals surface area contributed by atoms with Crippen molar-refractivity contribution in [2.24, 2.45) is 7.05 Å². The van der Waals surface area contributed by atoms with E-state index in [9.17, 15) is 0 Å². The van der Waals surface area contributed by atoms with E-state index in [2.05, 4.69) is 15.0 Å². The molecule has 0 radical (unpaired) electrons. The number of hydrogen-bond acceptors (Lipinski definition) is 4. The van der Waals surface area contributed by atoms with Crippen LogP contribution in [0.15, 0.2) is 36.9 Å². The molecule has 5 heteroatoms. The van der Waals surface area contributed by atoms with Crippen molar-refractivity contribution in [3.63, 3.8) is 0 Å². The molecule has 0 amide bonds. The molecular weight excluding hydrogens is 214 g/mol. The van der Waals surface area contributed by atoms with Gasteiger partial charge in [0.15, 0.2) is 0 Å². The van der Waals surface area contributed by atoms with Crippen LogP contribution in [0.1, 0.15) is 0 Å². The van der Waals surface area contributed by atoms with Gasteiger partial charge in [-0.05, 0) is 6.07 Å². The van der Waals surface area contributed by atoms with Gasteiger partial charge in [0.1, 0.15) is 6.33 Å². The van der Waals surface area contributed by atoms with Gasteiger partial charge in [-0.2, -0.15) is 0 Å². The van der Waals surface area contributed by atoms with E-state index < -0.39 is 0 Å². The van der Waals surface area contributed by atoms with Crippen LogP contribution in [0.3, 0.4) is 0 Å². The molecule has 5 nitrogen and oxygen atoms in total. The molecule has 0 fully saturated rings. The van der Waals surface area contributed by atoms with E-state index in [1.807, 2.05) is 29.8 Å². The third kappa shape index (κ3) is 1.44. The fraction of sp³-hybridized carbons (Fsp3) is 0.0833. The Morgan fingerprint density at radius 2 is 1.94 bits per heavy atom. The van der Waals surface area contributed by atoms with E-state index in [1.54, 1.807) is 12.4 Å². The molecule has 0 aliphatic carbocycles. The number of rotatable bonds is 1. The largest absolute Gasteiger partial charge is 0.369 e. The summed E-state index contributed by atoms with van der Waals surface area (Å²) in [6.07, 6.45) is 5.05. The summed E-state index contributed by atoms with van der Waals surface area (Å²) < 4.78 is 1.86. The van der Waals surface area contributed by atoms with Crippen molar-refractivity contribution in [2.45, 2.75) is 0 Å². The highest BCUT2D eigenvalue weighted by Gasteiger charge is 2.10. The molecule has 0 unspecified atom stereocenters. The molecule has 17 heavy (non-hydrogen) atoms. The average molecular weight is 225 g/mol. The second-order valence-electron chi connectivity index (χ2n) is 3.83. The predicted molar refractivity (Wildman–Crippen MR) is 66.2 cm³/mol. The zero-order valence-corrected chi connectivity index (χ0v) is 9.33. The molecular formula is C12H11N5. The zero-order valence-electron chi connectivity index (χ0n) is 9.33. The van der Waals surface area contributed by atoms with E-state index in [-0.39, 0.29) is 0 Å². The highest BCUT2D eigenvalue weighted by atomic mass is 15.1. The van der Waals surface area contributed by atoms with Gasteiger partial charge in [-0.15, -0.1) is 0 Å². The Morgan fingerprint density at radius 1 is 1.18 bits per heavy atom. The predicted octanol–water partition coefficient (Wildman–Crippen LogP) is 1.61. The Bertz CT molecular complexity index is 672. The molecule has 0 saturated carbocycles. The molecule has 84 valence electrons. The first-order valence-electron chi connectivity index (χ1n) is 5.23. The maximum atomic E-state index is 5.82. The van der Waals surface area contributed by atoms with Gasteiger partial charge in [-0.25, -0.2) is 15.0 Å². The van der Waals surface area contributed by atoms with Crippen molar-refractivity contribution >= 4 is 17.0 Å². The Hall–Kier alpha value is -2.43. The van der Waals surface area contributed by atoms with E-state index in [0.29, 0.717) is 5.95 Å². The molecule has 3 aromatic rings. The van der Waals surface area contributed by atoms with Gasteiger partial charge >= 0.3 is 0 Å². The van der Waals surface area contributed by atoms with Crippen LogP contribution in [0.5, 0.6) is 0 Å². The number of imidazole rings is 1. The fourth-order valence-corrected chi connectivity index (χ4v) is 1.90. The van der Waals surface area contributed by atoms with Crippen LogP contribution in [-0.4, -0.2) is 19.5 Å². The van der Waals surface area contributed by atoms with Crippen molar-refractivity contribution < 1.29 is 0 Å². The van der Waals surface area contributed by atoms with Crippen LogP contribution in [0.2, 0.25) is 0 Å². The highest BCUT2D eigenvalue weighted by Crippen LogP contribution is 2.27. The molecule has 0 spiro atoms. The minimum absolute atomic E-state index is 0.504. The molecule has 2 aromatic heterocycles. The van der Waals surface area contributed by atoms with Crippen LogP contribution in [0, 0.1) is 0 Å². The number of nitrogens with two attached hydrogens (primary N) is 1. The number of anilines is 1. The van der Waals surface area contributed by atoms with Crippen LogP contribution in [0.4, 0.5) is 5.95 Å². The van der Waals surface area contributed by atoms with Gasteiger partial charge in [0, 0.05) is 30.6 Å². The maximum absolute atomic E-state index is 5.82. The number of nitrogen functional groups attached to an aromatic ring is 1. The summed E-state index contributed by atoms with van der Waals surface area (Å²) in [4.78, 5) is 12.4. The molecule has 1 aromatic carbocycles. The van der Waals surface area contributed by atoms with E-state index in [1.165, 1.54) is 6.33 Å². The van der Waals surface area contributed by atoms with Gasteiger partial charge in [-0.3, -0.25) is 0 Å². The molecule has 0 aliphatic heterocycles. The van der Waals surface area contributed by atoms with Crippen molar-refractivity contribution in [1.29, 1.82) is 0 Å². The third-order valence-electron chi connectivity index (χ3n) is 2.82. The second kappa shape index (κ2) is 3.55. The summed E-state index contributed by atoms with van der Waals surface area (Å²) >= 11 is 0. The SMILES string of the molecule is Cn1c(N)nc2c(-c3cncnc3)cccc21. The van der Waals surface area contributed by atoms with Crippen molar-refractivity contribution in [2.75, 3.05) is 5.73 Å². The van der Waals surface area contributed by atoms with Crippen LogP contribution in [-0.2, 0) is 7.05 Å². The Kier molecular flexibility index (Phi) is 2.04. The second-order valence-corrected chi connectivity index (χ2v) is 3.83. The summed E-state index contributed by atoms with van der Waals surface area (Å²) in [5, 5.41) is 0. The van der Waals surface area contributed by atoms with Gasteiger partial charge in [0.25, 0.3) is 0 Å². The fourth-order valence-electron chi connectivity index (χ4n) is 1.90. The molecule has 0 aliphatic rings. The van der Waals surface area contributed by atoms with Crippen molar-refractivity contribution in [3.8, 4) is 11.1 Å². The monoisotopic (exact) mass is 225 g/mol. The number of aryl methyl sites for hydroxylation is 1.